The van der Waals surface area contributed by atoms with Crippen LogP contribution >= 0.6 is 15.9 Å². The van der Waals surface area contributed by atoms with Gasteiger partial charge in [0.1, 0.15) is 12.1 Å². The lowest BCUT2D eigenvalue weighted by atomic mass is 9.47. The first-order chi connectivity index (χ1) is 14.6. The van der Waals surface area contributed by atoms with Gasteiger partial charge in [0.2, 0.25) is 16.5 Å². The monoisotopic (exact) mass is 469 g/mol. The molecule has 3 aromatic rings. The van der Waals surface area contributed by atoms with Crippen LogP contribution in [0.4, 0.5) is 0 Å². The third kappa shape index (κ3) is 2.91. The van der Waals surface area contributed by atoms with Crippen LogP contribution in [0.2, 0.25) is 0 Å². The first-order valence-electron chi connectivity index (χ1n) is 10.6. The smallest absolute Gasteiger partial charge is 0.222 e. The van der Waals surface area contributed by atoms with Gasteiger partial charge in [-0.05, 0) is 84.0 Å². The predicted octanol–water partition coefficient (Wildman–Crippen LogP) is 4.27. The van der Waals surface area contributed by atoms with E-state index < -0.39 is 0 Å². The minimum absolute atomic E-state index is 0.0215. The van der Waals surface area contributed by atoms with Gasteiger partial charge < -0.3 is 9.15 Å². The van der Waals surface area contributed by atoms with Crippen molar-refractivity contribution in [2.24, 2.45) is 11.8 Å². The zero-order chi connectivity index (χ0) is 20.3. The Morgan fingerprint density at radius 2 is 1.90 bits per heavy atom. The number of hydrogen-bond donors (Lipinski definition) is 0. The molecule has 4 saturated carbocycles. The van der Waals surface area contributed by atoms with Crippen molar-refractivity contribution in [3.8, 4) is 5.75 Å². The quantitative estimate of drug-likeness (QED) is 0.554. The van der Waals surface area contributed by atoms with E-state index >= 15 is 0 Å². The van der Waals surface area contributed by atoms with E-state index in [1.54, 1.807) is 7.11 Å². The number of benzene rings is 1. The minimum atomic E-state index is -0.0341. The maximum atomic E-state index is 6.31. The molecule has 4 fully saturated rings. The Morgan fingerprint density at radius 1 is 1.13 bits per heavy atom. The van der Waals surface area contributed by atoms with Crippen molar-refractivity contribution in [3.63, 3.8) is 0 Å². The minimum Gasteiger partial charge on any atom is -0.497 e. The van der Waals surface area contributed by atoms with E-state index in [0.717, 1.165) is 36.5 Å². The van der Waals surface area contributed by atoms with Crippen LogP contribution in [0.15, 0.2) is 39.7 Å². The topological polar surface area (TPSA) is 78.9 Å². The van der Waals surface area contributed by atoms with Crippen molar-refractivity contribution < 1.29 is 9.15 Å². The van der Waals surface area contributed by atoms with E-state index in [9.17, 15) is 0 Å². The molecule has 4 bridgehead atoms. The molecule has 4 aliphatic rings. The lowest BCUT2D eigenvalue weighted by Gasteiger charge is -2.60. The van der Waals surface area contributed by atoms with Crippen LogP contribution in [-0.2, 0) is 17.4 Å². The second kappa shape index (κ2) is 6.64. The summed E-state index contributed by atoms with van der Waals surface area (Å²) in [5, 5.41) is 13.6. The molecule has 0 radical (unpaired) electrons. The van der Waals surface area contributed by atoms with Crippen LogP contribution in [0.3, 0.4) is 0 Å². The van der Waals surface area contributed by atoms with Gasteiger partial charge >= 0.3 is 0 Å². The van der Waals surface area contributed by atoms with Gasteiger partial charge in [-0.1, -0.05) is 12.1 Å². The number of ether oxygens (including phenoxy) is 1. The maximum absolute atomic E-state index is 6.31. The van der Waals surface area contributed by atoms with Gasteiger partial charge in [0.15, 0.2) is 0 Å². The highest BCUT2D eigenvalue weighted by Crippen LogP contribution is 2.64. The standard InChI is InChI=1S/C22H24BrN5O2/c1-29-17-4-2-14(3-5-17)7-18-25-26-19(30-18)21-8-15-6-16(9-21)11-22(10-15,12-21)28-13-24-20(23)27-28/h2-5,13,15-16H,6-12H2,1H3. The zero-order valence-corrected chi connectivity index (χ0v) is 18.5. The number of aromatic nitrogens is 5. The van der Waals surface area contributed by atoms with Gasteiger partial charge in [-0.2, -0.15) is 0 Å². The molecule has 0 spiro atoms. The number of methoxy groups -OCH3 is 1. The summed E-state index contributed by atoms with van der Waals surface area (Å²) < 4.78 is 14.3. The fourth-order valence-corrected chi connectivity index (χ4v) is 6.92. The predicted molar refractivity (Wildman–Crippen MR) is 112 cm³/mol. The van der Waals surface area contributed by atoms with Crippen LogP contribution in [0.25, 0.3) is 0 Å². The van der Waals surface area contributed by atoms with Crippen molar-refractivity contribution in [1.29, 1.82) is 0 Å². The number of rotatable bonds is 5. The third-order valence-corrected chi connectivity index (χ3v) is 7.78. The highest BCUT2D eigenvalue weighted by atomic mass is 79.9. The van der Waals surface area contributed by atoms with Crippen molar-refractivity contribution in [2.75, 3.05) is 7.11 Å². The summed E-state index contributed by atoms with van der Waals surface area (Å²) in [5.74, 6) is 3.73. The Kier molecular flexibility index (Phi) is 4.10. The maximum Gasteiger partial charge on any atom is 0.222 e. The molecule has 2 aromatic heterocycles. The average Bonchev–Trinajstić information content (AvgIpc) is 3.38. The Bertz CT molecular complexity index is 1060. The SMILES string of the molecule is COc1ccc(Cc2nnc(C34CC5CC(C3)CC(n3cnc(Br)n3)(C5)C4)o2)cc1. The molecule has 0 aliphatic heterocycles. The average molecular weight is 470 g/mol. The summed E-state index contributed by atoms with van der Waals surface area (Å²) in [6, 6.07) is 8.02. The molecule has 7 nitrogen and oxygen atoms in total. The molecule has 7 rings (SSSR count). The first-order valence-corrected chi connectivity index (χ1v) is 11.4. The van der Waals surface area contributed by atoms with Crippen molar-refractivity contribution >= 4 is 15.9 Å². The van der Waals surface area contributed by atoms with E-state index in [1.165, 1.54) is 19.3 Å². The van der Waals surface area contributed by atoms with Gasteiger partial charge in [-0.3, -0.25) is 0 Å². The van der Waals surface area contributed by atoms with Gasteiger partial charge in [0.25, 0.3) is 0 Å². The van der Waals surface area contributed by atoms with Crippen molar-refractivity contribution in [1.82, 2.24) is 25.0 Å². The summed E-state index contributed by atoms with van der Waals surface area (Å²) >= 11 is 3.42. The van der Waals surface area contributed by atoms with Gasteiger partial charge in [-0.15, -0.1) is 15.3 Å². The second-order valence-electron chi connectivity index (χ2n) is 9.45. The summed E-state index contributed by atoms with van der Waals surface area (Å²) in [6.45, 7) is 0. The van der Waals surface area contributed by atoms with Gasteiger partial charge in [-0.25, -0.2) is 9.67 Å². The Hall–Kier alpha value is -2.22. The lowest BCUT2D eigenvalue weighted by Crippen LogP contribution is -2.58. The Labute approximate surface area is 183 Å². The molecular formula is C22H24BrN5O2. The van der Waals surface area contributed by atoms with Crippen molar-refractivity contribution in [2.45, 2.75) is 55.9 Å². The second-order valence-corrected chi connectivity index (χ2v) is 10.2. The molecule has 2 unspecified atom stereocenters. The molecule has 8 heteroatoms. The van der Waals surface area contributed by atoms with E-state index in [2.05, 4.69) is 40.9 Å². The van der Waals surface area contributed by atoms with Crippen LogP contribution in [0.1, 0.15) is 55.9 Å². The van der Waals surface area contributed by atoms with E-state index in [-0.39, 0.29) is 11.0 Å². The Morgan fingerprint density at radius 3 is 2.57 bits per heavy atom. The summed E-state index contributed by atoms with van der Waals surface area (Å²) in [5.41, 5.74) is 1.13. The molecule has 0 N–H and O–H groups in total. The number of hydrogen-bond acceptors (Lipinski definition) is 6. The fourth-order valence-electron chi connectivity index (χ4n) is 6.66. The van der Waals surface area contributed by atoms with Crippen LogP contribution in [0.5, 0.6) is 5.75 Å². The molecular weight excluding hydrogens is 446 g/mol. The number of halogens is 1. The lowest BCUT2D eigenvalue weighted by molar-refractivity contribution is -0.0776. The normalized spacial score (nSPS) is 31.9. The molecule has 1 aromatic carbocycles. The van der Waals surface area contributed by atoms with Gasteiger partial charge in [0.05, 0.1) is 24.5 Å². The zero-order valence-electron chi connectivity index (χ0n) is 16.9. The molecule has 0 saturated heterocycles. The van der Waals surface area contributed by atoms with E-state index in [0.29, 0.717) is 28.9 Å². The molecule has 0 amide bonds. The van der Waals surface area contributed by atoms with E-state index in [1.807, 2.05) is 30.6 Å². The summed E-state index contributed by atoms with van der Waals surface area (Å²) in [6.07, 6.45) is 9.48. The van der Waals surface area contributed by atoms with Crippen LogP contribution < -0.4 is 4.74 Å². The highest BCUT2D eigenvalue weighted by molar-refractivity contribution is 9.10. The van der Waals surface area contributed by atoms with Gasteiger partial charge in [0, 0.05) is 0 Å². The molecule has 30 heavy (non-hydrogen) atoms. The molecule has 4 aliphatic carbocycles. The fraction of sp³-hybridized carbons (Fsp3) is 0.545. The summed E-state index contributed by atoms with van der Waals surface area (Å²) in [7, 11) is 1.68. The molecule has 156 valence electrons. The van der Waals surface area contributed by atoms with Crippen molar-refractivity contribution in [3.05, 3.63) is 52.7 Å². The Balaban J connectivity index is 1.30. The molecule has 2 heterocycles. The van der Waals surface area contributed by atoms with Crippen LogP contribution in [0, 0.1) is 11.8 Å². The van der Waals surface area contributed by atoms with Crippen LogP contribution in [-0.4, -0.2) is 32.1 Å². The summed E-state index contributed by atoms with van der Waals surface area (Å²) in [4.78, 5) is 4.34. The largest absolute Gasteiger partial charge is 0.497 e. The molecule has 2 atom stereocenters. The first kappa shape index (κ1) is 18.5. The highest BCUT2D eigenvalue weighted by Gasteiger charge is 2.61. The number of nitrogens with zero attached hydrogens (tertiary/aromatic N) is 5. The van der Waals surface area contributed by atoms with E-state index in [4.69, 9.17) is 9.15 Å². The third-order valence-electron chi connectivity index (χ3n) is 7.42.